The monoisotopic (exact) mass is 225 g/mol. The van der Waals surface area contributed by atoms with Gasteiger partial charge in [-0.05, 0) is 25.7 Å². The SMILES string of the molecule is NC(=NO)C1CCCN1C(=O)C1CCCC1. The van der Waals surface area contributed by atoms with E-state index in [-0.39, 0.29) is 23.7 Å². The third kappa shape index (κ3) is 1.99. The van der Waals surface area contributed by atoms with E-state index in [4.69, 9.17) is 10.9 Å². The number of rotatable bonds is 2. The molecule has 1 saturated carbocycles. The Hall–Kier alpha value is -1.26. The number of nitrogens with two attached hydrogens (primary N) is 1. The zero-order chi connectivity index (χ0) is 11.5. The number of amidine groups is 1. The maximum atomic E-state index is 12.2. The largest absolute Gasteiger partial charge is 0.409 e. The predicted octanol–water partition coefficient (Wildman–Crippen LogP) is 0.914. The van der Waals surface area contributed by atoms with Crippen molar-refractivity contribution >= 4 is 11.7 Å². The van der Waals surface area contributed by atoms with Crippen LogP contribution in [0.25, 0.3) is 0 Å². The molecule has 1 unspecified atom stereocenters. The van der Waals surface area contributed by atoms with E-state index in [0.717, 1.165) is 45.1 Å². The third-order valence-corrected chi connectivity index (χ3v) is 3.70. The standard InChI is InChI=1S/C11H19N3O2/c12-10(13-16)9-6-3-7-14(9)11(15)8-4-1-2-5-8/h8-9,16H,1-7H2,(H2,12,13). The average molecular weight is 225 g/mol. The smallest absolute Gasteiger partial charge is 0.226 e. The molecular formula is C11H19N3O2. The van der Waals surface area contributed by atoms with Crippen LogP contribution in [-0.4, -0.2) is 34.4 Å². The highest BCUT2D eigenvalue weighted by Crippen LogP contribution is 2.29. The van der Waals surface area contributed by atoms with Crippen LogP contribution in [0.5, 0.6) is 0 Å². The van der Waals surface area contributed by atoms with Gasteiger partial charge in [0.05, 0.1) is 6.04 Å². The molecular weight excluding hydrogens is 206 g/mol. The number of hydrogen-bond acceptors (Lipinski definition) is 3. The van der Waals surface area contributed by atoms with Crippen molar-refractivity contribution in [2.24, 2.45) is 16.8 Å². The minimum absolute atomic E-state index is 0.170. The van der Waals surface area contributed by atoms with Gasteiger partial charge in [-0.15, -0.1) is 0 Å². The van der Waals surface area contributed by atoms with Crippen molar-refractivity contribution in [1.82, 2.24) is 4.90 Å². The summed E-state index contributed by atoms with van der Waals surface area (Å²) in [6, 6.07) is -0.182. The van der Waals surface area contributed by atoms with Crippen LogP contribution >= 0.6 is 0 Å². The van der Waals surface area contributed by atoms with Crippen molar-refractivity contribution in [1.29, 1.82) is 0 Å². The van der Waals surface area contributed by atoms with Gasteiger partial charge in [-0.25, -0.2) is 0 Å². The molecule has 1 atom stereocenters. The Bertz CT molecular complexity index is 298. The maximum Gasteiger partial charge on any atom is 0.226 e. The lowest BCUT2D eigenvalue weighted by Gasteiger charge is -2.26. The Kier molecular flexibility index (Phi) is 3.31. The summed E-state index contributed by atoms with van der Waals surface area (Å²) in [5.41, 5.74) is 5.61. The van der Waals surface area contributed by atoms with Gasteiger partial charge in [0.25, 0.3) is 0 Å². The second-order valence-corrected chi connectivity index (χ2v) is 4.70. The van der Waals surface area contributed by atoms with E-state index in [2.05, 4.69) is 5.16 Å². The number of carbonyl (C=O) groups is 1. The van der Waals surface area contributed by atoms with Gasteiger partial charge in [0.15, 0.2) is 5.84 Å². The van der Waals surface area contributed by atoms with Crippen LogP contribution < -0.4 is 5.73 Å². The number of nitrogens with zero attached hydrogens (tertiary/aromatic N) is 2. The number of oxime groups is 1. The van der Waals surface area contributed by atoms with E-state index in [1.54, 1.807) is 4.90 Å². The van der Waals surface area contributed by atoms with E-state index in [1.807, 2.05) is 0 Å². The summed E-state index contributed by atoms with van der Waals surface area (Å²) in [6.07, 6.45) is 6.06. The lowest BCUT2D eigenvalue weighted by atomic mass is 10.1. The lowest BCUT2D eigenvalue weighted by molar-refractivity contribution is -0.135. The molecule has 0 radical (unpaired) electrons. The fourth-order valence-electron chi connectivity index (χ4n) is 2.81. The van der Waals surface area contributed by atoms with E-state index in [9.17, 15) is 4.79 Å². The predicted molar refractivity (Wildman–Crippen MR) is 60.1 cm³/mol. The first-order chi connectivity index (χ1) is 7.74. The van der Waals surface area contributed by atoms with Crippen molar-refractivity contribution in [3.8, 4) is 0 Å². The highest BCUT2D eigenvalue weighted by molar-refractivity contribution is 5.91. The van der Waals surface area contributed by atoms with Crippen LogP contribution in [0.4, 0.5) is 0 Å². The fourth-order valence-corrected chi connectivity index (χ4v) is 2.81. The molecule has 1 amide bonds. The van der Waals surface area contributed by atoms with Crippen LogP contribution in [0, 0.1) is 5.92 Å². The zero-order valence-corrected chi connectivity index (χ0v) is 9.43. The van der Waals surface area contributed by atoms with Crippen LogP contribution in [0.3, 0.4) is 0 Å². The summed E-state index contributed by atoms with van der Waals surface area (Å²) in [4.78, 5) is 14.0. The minimum atomic E-state index is -0.182. The summed E-state index contributed by atoms with van der Waals surface area (Å²) in [7, 11) is 0. The molecule has 2 aliphatic rings. The summed E-state index contributed by atoms with van der Waals surface area (Å²) in [6.45, 7) is 0.746. The van der Waals surface area contributed by atoms with Gasteiger partial charge < -0.3 is 15.8 Å². The molecule has 16 heavy (non-hydrogen) atoms. The number of hydrogen-bond donors (Lipinski definition) is 2. The topological polar surface area (TPSA) is 78.9 Å². The first kappa shape index (κ1) is 11.2. The molecule has 0 aromatic rings. The summed E-state index contributed by atoms with van der Waals surface area (Å²) < 4.78 is 0. The molecule has 3 N–H and O–H groups in total. The van der Waals surface area contributed by atoms with E-state index < -0.39 is 0 Å². The van der Waals surface area contributed by atoms with Gasteiger partial charge >= 0.3 is 0 Å². The first-order valence-corrected chi connectivity index (χ1v) is 6.02. The summed E-state index contributed by atoms with van der Waals surface area (Å²) >= 11 is 0. The summed E-state index contributed by atoms with van der Waals surface area (Å²) in [5.74, 6) is 0.544. The summed E-state index contributed by atoms with van der Waals surface area (Å²) in [5, 5.41) is 11.7. The molecule has 0 bridgehead atoms. The number of carbonyl (C=O) groups excluding carboxylic acids is 1. The Balaban J connectivity index is 2.04. The Morgan fingerprint density at radius 3 is 2.56 bits per heavy atom. The molecule has 1 saturated heterocycles. The number of likely N-dealkylation sites (tertiary alicyclic amines) is 1. The van der Waals surface area contributed by atoms with Crippen molar-refractivity contribution in [3.63, 3.8) is 0 Å². The molecule has 2 rings (SSSR count). The fraction of sp³-hybridized carbons (Fsp3) is 0.818. The van der Waals surface area contributed by atoms with Gasteiger partial charge in [-0.2, -0.15) is 0 Å². The molecule has 5 nitrogen and oxygen atoms in total. The first-order valence-electron chi connectivity index (χ1n) is 6.02. The van der Waals surface area contributed by atoms with Crippen LogP contribution in [0.1, 0.15) is 38.5 Å². The van der Waals surface area contributed by atoms with Gasteiger partial charge in [-0.1, -0.05) is 18.0 Å². The van der Waals surface area contributed by atoms with E-state index in [0.29, 0.717) is 0 Å². The van der Waals surface area contributed by atoms with Crippen molar-refractivity contribution < 1.29 is 10.0 Å². The highest BCUT2D eigenvalue weighted by Gasteiger charge is 2.36. The van der Waals surface area contributed by atoms with Crippen LogP contribution in [-0.2, 0) is 4.79 Å². The molecule has 0 aromatic carbocycles. The van der Waals surface area contributed by atoms with Crippen LogP contribution in [0.15, 0.2) is 5.16 Å². The van der Waals surface area contributed by atoms with Gasteiger partial charge in [0, 0.05) is 12.5 Å². The molecule has 90 valence electrons. The van der Waals surface area contributed by atoms with Gasteiger partial charge in [0.1, 0.15) is 0 Å². The molecule has 0 aromatic heterocycles. The molecule has 1 heterocycles. The lowest BCUT2D eigenvalue weighted by Crippen LogP contribution is -2.45. The molecule has 2 fully saturated rings. The third-order valence-electron chi connectivity index (χ3n) is 3.70. The Morgan fingerprint density at radius 2 is 1.94 bits per heavy atom. The Labute approximate surface area is 95.3 Å². The highest BCUT2D eigenvalue weighted by atomic mass is 16.4. The average Bonchev–Trinajstić information content (AvgIpc) is 2.97. The second kappa shape index (κ2) is 4.72. The van der Waals surface area contributed by atoms with Crippen molar-refractivity contribution in [2.45, 2.75) is 44.6 Å². The second-order valence-electron chi connectivity index (χ2n) is 4.70. The minimum Gasteiger partial charge on any atom is -0.409 e. The van der Waals surface area contributed by atoms with Crippen molar-refractivity contribution in [2.75, 3.05) is 6.54 Å². The molecule has 5 heteroatoms. The van der Waals surface area contributed by atoms with E-state index >= 15 is 0 Å². The quantitative estimate of drug-likeness (QED) is 0.317. The zero-order valence-electron chi connectivity index (χ0n) is 9.43. The van der Waals surface area contributed by atoms with Crippen molar-refractivity contribution in [3.05, 3.63) is 0 Å². The van der Waals surface area contributed by atoms with E-state index in [1.165, 1.54) is 0 Å². The van der Waals surface area contributed by atoms with Crippen LogP contribution in [0.2, 0.25) is 0 Å². The maximum absolute atomic E-state index is 12.2. The van der Waals surface area contributed by atoms with Gasteiger partial charge in [-0.3, -0.25) is 4.79 Å². The normalized spacial score (nSPS) is 27.6. The molecule has 1 aliphatic heterocycles. The Morgan fingerprint density at radius 1 is 1.25 bits per heavy atom. The number of amides is 1. The molecule has 0 spiro atoms. The molecule has 1 aliphatic carbocycles. The van der Waals surface area contributed by atoms with Gasteiger partial charge in [0.2, 0.25) is 5.91 Å².